The van der Waals surface area contributed by atoms with Gasteiger partial charge in [-0.25, -0.2) is 4.98 Å². The van der Waals surface area contributed by atoms with Gasteiger partial charge in [0.05, 0.1) is 5.56 Å². The maximum absolute atomic E-state index is 11.7. The monoisotopic (exact) mass is 291 g/mol. The van der Waals surface area contributed by atoms with Crippen molar-refractivity contribution in [3.05, 3.63) is 40.2 Å². The van der Waals surface area contributed by atoms with Gasteiger partial charge in [-0.2, -0.15) is 0 Å². The molecule has 2 aromatic rings. The van der Waals surface area contributed by atoms with E-state index in [-0.39, 0.29) is 5.78 Å². The van der Waals surface area contributed by atoms with Gasteiger partial charge in [-0.1, -0.05) is 12.1 Å². The minimum atomic E-state index is 0.0910. The lowest BCUT2D eigenvalue weighted by molar-refractivity contribution is 0.0965. The second-order valence-electron chi connectivity index (χ2n) is 4.05. The van der Waals surface area contributed by atoms with Crippen molar-refractivity contribution >= 4 is 21.7 Å². The molecule has 1 aliphatic rings. The molecule has 4 heteroatoms. The van der Waals surface area contributed by atoms with Crippen molar-refractivity contribution < 1.29 is 9.21 Å². The van der Waals surface area contributed by atoms with E-state index in [4.69, 9.17) is 4.42 Å². The summed E-state index contributed by atoms with van der Waals surface area (Å²) in [7, 11) is 0. The first kappa shape index (κ1) is 10.7. The molecule has 1 aliphatic carbocycles. The van der Waals surface area contributed by atoms with Crippen LogP contribution in [0.1, 0.15) is 29.1 Å². The third kappa shape index (κ3) is 1.82. The number of rotatable bonds is 1. The number of hydrogen-bond acceptors (Lipinski definition) is 3. The van der Waals surface area contributed by atoms with E-state index in [9.17, 15) is 4.79 Å². The Bertz CT molecular complexity index is 589. The summed E-state index contributed by atoms with van der Waals surface area (Å²) in [5.74, 6) is 1.35. The number of aryl methyl sites for hydroxylation is 1. The van der Waals surface area contributed by atoms with Crippen LogP contribution in [0.2, 0.25) is 0 Å². The van der Waals surface area contributed by atoms with Gasteiger partial charge in [0, 0.05) is 17.3 Å². The fourth-order valence-corrected chi connectivity index (χ4v) is 2.47. The molecule has 0 aliphatic heterocycles. The van der Waals surface area contributed by atoms with Crippen LogP contribution in [0, 0.1) is 0 Å². The van der Waals surface area contributed by atoms with Crippen LogP contribution in [0.25, 0.3) is 11.5 Å². The number of aromatic nitrogens is 1. The molecule has 0 spiro atoms. The first-order valence-corrected chi connectivity index (χ1v) is 6.33. The average Bonchev–Trinajstić information content (AvgIpc) is 2.75. The van der Waals surface area contributed by atoms with Gasteiger partial charge in [0.1, 0.15) is 11.5 Å². The summed E-state index contributed by atoms with van der Waals surface area (Å²) < 4.78 is 6.60. The number of ketones is 1. The van der Waals surface area contributed by atoms with Crippen LogP contribution < -0.4 is 0 Å². The summed E-state index contributed by atoms with van der Waals surface area (Å²) in [6.07, 6.45) is 2.24. The Balaban J connectivity index is 2.11. The Labute approximate surface area is 107 Å². The van der Waals surface area contributed by atoms with Crippen LogP contribution >= 0.6 is 15.9 Å². The van der Waals surface area contributed by atoms with Gasteiger partial charge >= 0.3 is 0 Å². The van der Waals surface area contributed by atoms with Crippen LogP contribution in [-0.4, -0.2) is 10.8 Å². The molecule has 1 aromatic heterocycles. The number of carbonyl (C=O) groups is 1. The Kier molecular flexibility index (Phi) is 2.59. The van der Waals surface area contributed by atoms with Crippen LogP contribution in [-0.2, 0) is 6.42 Å². The minimum absolute atomic E-state index is 0.0910. The quantitative estimate of drug-likeness (QED) is 0.806. The van der Waals surface area contributed by atoms with Crippen molar-refractivity contribution in [1.82, 2.24) is 4.98 Å². The van der Waals surface area contributed by atoms with Gasteiger partial charge in [0.25, 0.3) is 0 Å². The maximum Gasteiger partial charge on any atom is 0.228 e. The van der Waals surface area contributed by atoms with Crippen molar-refractivity contribution in [3.63, 3.8) is 0 Å². The van der Waals surface area contributed by atoms with Crippen molar-refractivity contribution in [2.24, 2.45) is 0 Å². The topological polar surface area (TPSA) is 43.1 Å². The van der Waals surface area contributed by atoms with Gasteiger partial charge in [0.15, 0.2) is 5.78 Å². The second-order valence-corrected chi connectivity index (χ2v) is 4.90. The number of benzene rings is 1. The Morgan fingerprint density at radius 1 is 1.24 bits per heavy atom. The number of nitrogens with zero attached hydrogens (tertiary/aromatic N) is 1. The summed E-state index contributed by atoms with van der Waals surface area (Å²) >= 11 is 3.46. The van der Waals surface area contributed by atoms with Gasteiger partial charge < -0.3 is 4.42 Å². The van der Waals surface area contributed by atoms with Crippen LogP contribution in [0.3, 0.4) is 0 Å². The van der Waals surface area contributed by atoms with Gasteiger partial charge in [-0.05, 0) is 34.5 Å². The van der Waals surface area contributed by atoms with Crippen LogP contribution in [0.4, 0.5) is 0 Å². The van der Waals surface area contributed by atoms with E-state index < -0.39 is 0 Å². The van der Waals surface area contributed by atoms with Crippen molar-refractivity contribution in [3.8, 4) is 11.5 Å². The van der Waals surface area contributed by atoms with Gasteiger partial charge in [0.2, 0.25) is 5.89 Å². The van der Waals surface area contributed by atoms with Gasteiger partial charge in [-0.15, -0.1) is 0 Å². The first-order valence-electron chi connectivity index (χ1n) is 5.53. The summed E-state index contributed by atoms with van der Waals surface area (Å²) in [4.78, 5) is 16.0. The molecular weight excluding hydrogens is 282 g/mol. The van der Waals surface area contributed by atoms with Crippen molar-refractivity contribution in [2.45, 2.75) is 19.3 Å². The smallest absolute Gasteiger partial charge is 0.228 e. The van der Waals surface area contributed by atoms with E-state index in [0.717, 1.165) is 28.6 Å². The zero-order chi connectivity index (χ0) is 11.8. The highest BCUT2D eigenvalue weighted by molar-refractivity contribution is 9.10. The highest BCUT2D eigenvalue weighted by Crippen LogP contribution is 2.31. The summed E-state index contributed by atoms with van der Waals surface area (Å²) in [6.45, 7) is 0. The molecule has 0 N–H and O–H groups in total. The summed E-state index contributed by atoms with van der Waals surface area (Å²) in [5, 5.41) is 0. The third-order valence-electron chi connectivity index (χ3n) is 2.87. The van der Waals surface area contributed by atoms with Crippen molar-refractivity contribution in [1.29, 1.82) is 0 Å². The van der Waals surface area contributed by atoms with E-state index >= 15 is 0 Å². The SMILES string of the molecule is O=C1CCCc2oc(-c3ccccc3Br)nc21. The minimum Gasteiger partial charge on any atom is -0.440 e. The highest BCUT2D eigenvalue weighted by atomic mass is 79.9. The maximum atomic E-state index is 11.7. The van der Waals surface area contributed by atoms with E-state index in [2.05, 4.69) is 20.9 Å². The Morgan fingerprint density at radius 2 is 2.06 bits per heavy atom. The summed E-state index contributed by atoms with van der Waals surface area (Å²) in [6, 6.07) is 7.71. The number of oxazole rings is 1. The molecule has 1 heterocycles. The highest BCUT2D eigenvalue weighted by Gasteiger charge is 2.24. The van der Waals surface area contributed by atoms with Crippen LogP contribution in [0.15, 0.2) is 33.2 Å². The van der Waals surface area contributed by atoms with Crippen LogP contribution in [0.5, 0.6) is 0 Å². The zero-order valence-corrected chi connectivity index (χ0v) is 10.7. The molecule has 0 amide bonds. The first-order chi connectivity index (χ1) is 8.25. The molecule has 0 bridgehead atoms. The van der Waals surface area contributed by atoms with E-state index in [1.54, 1.807) is 0 Å². The molecule has 0 saturated heterocycles. The number of halogens is 1. The molecule has 0 radical (unpaired) electrons. The molecule has 1 aromatic carbocycles. The molecule has 17 heavy (non-hydrogen) atoms. The zero-order valence-electron chi connectivity index (χ0n) is 9.07. The largest absolute Gasteiger partial charge is 0.440 e. The lowest BCUT2D eigenvalue weighted by atomic mass is 10.0. The molecular formula is C13H10BrNO2. The number of Topliss-reactive ketones (excluding diaryl/α,β-unsaturated/α-hetero) is 1. The fraction of sp³-hybridized carbons (Fsp3) is 0.231. The molecule has 0 saturated carbocycles. The lowest BCUT2D eigenvalue weighted by Gasteiger charge is -2.04. The molecule has 3 nitrogen and oxygen atoms in total. The normalized spacial score (nSPS) is 14.8. The van der Waals surface area contributed by atoms with E-state index in [1.165, 1.54) is 0 Å². The van der Waals surface area contributed by atoms with E-state index in [0.29, 0.717) is 18.0 Å². The molecule has 3 rings (SSSR count). The summed E-state index contributed by atoms with van der Waals surface area (Å²) in [5.41, 5.74) is 1.40. The third-order valence-corrected chi connectivity index (χ3v) is 3.56. The predicted molar refractivity (Wildman–Crippen MR) is 66.9 cm³/mol. The second kappa shape index (κ2) is 4.11. The van der Waals surface area contributed by atoms with Crippen molar-refractivity contribution in [2.75, 3.05) is 0 Å². The van der Waals surface area contributed by atoms with Gasteiger partial charge in [-0.3, -0.25) is 4.79 Å². The number of hydrogen-bond donors (Lipinski definition) is 0. The molecule has 86 valence electrons. The average molecular weight is 292 g/mol. The molecule has 0 atom stereocenters. The Morgan fingerprint density at radius 3 is 2.82 bits per heavy atom. The molecule has 0 fully saturated rings. The Hall–Kier alpha value is -1.42. The predicted octanol–water partition coefficient (Wildman–Crippen LogP) is 3.62. The lowest BCUT2D eigenvalue weighted by Crippen LogP contribution is -2.09. The number of carbonyl (C=O) groups excluding carboxylic acids is 1. The molecule has 0 unspecified atom stereocenters. The van der Waals surface area contributed by atoms with E-state index in [1.807, 2.05) is 24.3 Å². The fourth-order valence-electron chi connectivity index (χ4n) is 2.02. The number of fused-ring (bicyclic) bond motifs is 1. The standard InChI is InChI=1S/C13H10BrNO2/c14-9-5-2-1-4-8(9)13-15-12-10(16)6-3-7-11(12)17-13/h1-2,4-5H,3,6-7H2.